The number of para-hydroxylation sites is 1. The average molecular weight is 452 g/mol. The second-order valence-corrected chi connectivity index (χ2v) is 8.63. The molecule has 0 saturated carbocycles. The number of ether oxygens (including phenoxy) is 2. The van der Waals surface area contributed by atoms with E-state index in [1.54, 1.807) is 20.8 Å². The van der Waals surface area contributed by atoms with Crippen LogP contribution in [-0.2, 0) is 32.1 Å². The third-order valence-corrected chi connectivity index (χ3v) is 4.73. The van der Waals surface area contributed by atoms with Gasteiger partial charge in [-0.1, -0.05) is 48.5 Å². The molecule has 0 fully saturated rings. The maximum Gasteiger partial charge on any atom is 0.408 e. The first kappa shape index (κ1) is 23.8. The van der Waals surface area contributed by atoms with Crippen LogP contribution in [0.15, 0.2) is 60.8 Å². The Labute approximate surface area is 192 Å². The molecule has 0 aliphatic carbocycles. The summed E-state index contributed by atoms with van der Waals surface area (Å²) in [5.41, 5.74) is 1.96. The van der Waals surface area contributed by atoms with E-state index in [9.17, 15) is 14.4 Å². The number of hydrogen-bond donors (Lipinski definition) is 3. The van der Waals surface area contributed by atoms with Crippen LogP contribution in [0.1, 0.15) is 31.9 Å². The van der Waals surface area contributed by atoms with Crippen molar-refractivity contribution in [3.8, 4) is 0 Å². The molecule has 0 aliphatic heterocycles. The van der Waals surface area contributed by atoms with Crippen molar-refractivity contribution in [3.05, 3.63) is 71.9 Å². The zero-order chi connectivity index (χ0) is 23.8. The number of rotatable bonds is 8. The van der Waals surface area contributed by atoms with Crippen LogP contribution in [0.25, 0.3) is 10.9 Å². The van der Waals surface area contributed by atoms with Crippen LogP contribution in [0.5, 0.6) is 0 Å². The lowest BCUT2D eigenvalue weighted by molar-refractivity contribution is -0.149. The van der Waals surface area contributed by atoms with Gasteiger partial charge >= 0.3 is 12.1 Å². The summed E-state index contributed by atoms with van der Waals surface area (Å²) < 4.78 is 10.6. The van der Waals surface area contributed by atoms with E-state index >= 15 is 0 Å². The first-order valence-electron chi connectivity index (χ1n) is 10.7. The van der Waals surface area contributed by atoms with Crippen molar-refractivity contribution >= 4 is 28.9 Å². The highest BCUT2D eigenvalue weighted by Crippen LogP contribution is 2.19. The molecule has 33 heavy (non-hydrogen) atoms. The standard InChI is InChI=1S/C25H29N3O5/c1-25(2,3)33-24(31)27-15-22(29)28-21(23(30)32-16-17-9-5-4-6-10-17)13-18-14-26-20-12-8-7-11-19(18)20/h4-12,14,21,26H,13,15-16H2,1-3H3,(H,27,31)(H,28,29). The second-order valence-electron chi connectivity index (χ2n) is 8.63. The highest BCUT2D eigenvalue weighted by atomic mass is 16.6. The van der Waals surface area contributed by atoms with E-state index in [0.717, 1.165) is 22.0 Å². The van der Waals surface area contributed by atoms with Crippen molar-refractivity contribution in [2.45, 2.75) is 45.4 Å². The molecule has 1 heterocycles. The number of carbonyl (C=O) groups excluding carboxylic acids is 3. The number of carbonyl (C=O) groups is 3. The van der Waals surface area contributed by atoms with E-state index in [4.69, 9.17) is 9.47 Å². The molecular weight excluding hydrogens is 422 g/mol. The maximum atomic E-state index is 12.9. The molecule has 0 bridgehead atoms. The SMILES string of the molecule is CC(C)(C)OC(=O)NCC(=O)NC(Cc1c[nH]c2ccccc12)C(=O)OCc1ccccc1. The lowest BCUT2D eigenvalue weighted by Gasteiger charge is -2.20. The Kier molecular flexibility index (Phi) is 7.71. The van der Waals surface area contributed by atoms with Gasteiger partial charge in [-0.15, -0.1) is 0 Å². The number of alkyl carbamates (subject to hydrolysis) is 1. The predicted octanol–water partition coefficient (Wildman–Crippen LogP) is 3.46. The quantitative estimate of drug-likeness (QED) is 0.455. The fraction of sp³-hybridized carbons (Fsp3) is 0.320. The van der Waals surface area contributed by atoms with Gasteiger partial charge in [-0.05, 0) is 38.0 Å². The average Bonchev–Trinajstić information content (AvgIpc) is 3.18. The Morgan fingerprint density at radius 1 is 1.00 bits per heavy atom. The highest BCUT2D eigenvalue weighted by Gasteiger charge is 2.25. The van der Waals surface area contributed by atoms with Gasteiger partial charge in [-0.3, -0.25) is 4.79 Å². The van der Waals surface area contributed by atoms with Crippen LogP contribution in [-0.4, -0.2) is 41.1 Å². The minimum Gasteiger partial charge on any atom is -0.459 e. The van der Waals surface area contributed by atoms with E-state index in [2.05, 4.69) is 15.6 Å². The molecule has 8 heteroatoms. The summed E-state index contributed by atoms with van der Waals surface area (Å²) in [6.07, 6.45) is 1.33. The summed E-state index contributed by atoms with van der Waals surface area (Å²) in [7, 11) is 0. The van der Waals surface area contributed by atoms with Crippen molar-refractivity contribution in [3.63, 3.8) is 0 Å². The Balaban J connectivity index is 1.67. The topological polar surface area (TPSA) is 110 Å². The second kappa shape index (κ2) is 10.7. The molecule has 0 saturated heterocycles. The Morgan fingerprint density at radius 2 is 1.70 bits per heavy atom. The van der Waals surface area contributed by atoms with E-state index in [1.807, 2.05) is 60.8 Å². The molecule has 0 aliphatic rings. The normalized spacial score (nSPS) is 12.1. The van der Waals surface area contributed by atoms with Crippen molar-refractivity contribution in [2.24, 2.45) is 0 Å². The predicted molar refractivity (Wildman–Crippen MR) is 124 cm³/mol. The number of aromatic amines is 1. The summed E-state index contributed by atoms with van der Waals surface area (Å²) in [5, 5.41) is 6.03. The molecule has 174 valence electrons. The Hall–Kier alpha value is -3.81. The number of amides is 2. The van der Waals surface area contributed by atoms with Crippen LogP contribution < -0.4 is 10.6 Å². The number of H-pyrrole nitrogens is 1. The molecule has 3 aromatic rings. The summed E-state index contributed by atoms with van der Waals surface area (Å²) in [6, 6.07) is 16.1. The van der Waals surface area contributed by atoms with Crippen LogP contribution in [0.2, 0.25) is 0 Å². The summed E-state index contributed by atoms with van der Waals surface area (Å²) in [5.74, 6) is -1.09. The molecule has 1 aromatic heterocycles. The van der Waals surface area contributed by atoms with Gasteiger partial charge in [-0.2, -0.15) is 0 Å². The molecule has 1 unspecified atom stereocenters. The van der Waals surface area contributed by atoms with Crippen molar-refractivity contribution in [1.29, 1.82) is 0 Å². The number of nitrogens with one attached hydrogen (secondary N) is 3. The fourth-order valence-corrected chi connectivity index (χ4v) is 3.25. The molecule has 0 radical (unpaired) electrons. The van der Waals surface area contributed by atoms with Gasteiger partial charge in [0, 0.05) is 23.5 Å². The van der Waals surface area contributed by atoms with Crippen molar-refractivity contribution < 1.29 is 23.9 Å². The van der Waals surface area contributed by atoms with Crippen LogP contribution in [0, 0.1) is 0 Å². The van der Waals surface area contributed by atoms with Gasteiger partial charge in [-0.25, -0.2) is 9.59 Å². The lowest BCUT2D eigenvalue weighted by atomic mass is 10.0. The number of esters is 1. The molecule has 8 nitrogen and oxygen atoms in total. The van der Waals surface area contributed by atoms with Crippen molar-refractivity contribution in [1.82, 2.24) is 15.6 Å². The Bertz CT molecular complexity index is 1100. The molecule has 2 amide bonds. The number of hydrogen-bond acceptors (Lipinski definition) is 5. The van der Waals surface area contributed by atoms with E-state index in [1.165, 1.54) is 0 Å². The van der Waals surface area contributed by atoms with Crippen LogP contribution >= 0.6 is 0 Å². The number of fused-ring (bicyclic) bond motifs is 1. The molecular formula is C25H29N3O5. The third-order valence-electron chi connectivity index (χ3n) is 4.73. The minimum absolute atomic E-state index is 0.0933. The van der Waals surface area contributed by atoms with Crippen LogP contribution in [0.3, 0.4) is 0 Å². The fourth-order valence-electron chi connectivity index (χ4n) is 3.25. The first-order valence-corrected chi connectivity index (χ1v) is 10.7. The van der Waals surface area contributed by atoms with E-state index in [-0.39, 0.29) is 19.6 Å². The number of aromatic nitrogens is 1. The third kappa shape index (κ3) is 7.38. The molecule has 2 aromatic carbocycles. The molecule has 1 atom stereocenters. The van der Waals surface area contributed by atoms with Gasteiger partial charge < -0.3 is 25.1 Å². The monoisotopic (exact) mass is 451 g/mol. The highest BCUT2D eigenvalue weighted by molar-refractivity contribution is 5.89. The van der Waals surface area contributed by atoms with E-state index < -0.39 is 29.6 Å². The van der Waals surface area contributed by atoms with E-state index in [0.29, 0.717) is 0 Å². The molecule has 3 rings (SSSR count). The summed E-state index contributed by atoms with van der Waals surface area (Å²) in [6.45, 7) is 4.95. The number of benzene rings is 2. The zero-order valence-corrected chi connectivity index (χ0v) is 19.0. The van der Waals surface area contributed by atoms with Gasteiger partial charge in [0.1, 0.15) is 24.8 Å². The zero-order valence-electron chi connectivity index (χ0n) is 19.0. The van der Waals surface area contributed by atoms with Crippen LogP contribution in [0.4, 0.5) is 4.79 Å². The first-order chi connectivity index (χ1) is 15.7. The largest absolute Gasteiger partial charge is 0.459 e. The molecule has 0 spiro atoms. The van der Waals surface area contributed by atoms with Gasteiger partial charge in [0.05, 0.1) is 0 Å². The van der Waals surface area contributed by atoms with Crippen molar-refractivity contribution in [2.75, 3.05) is 6.54 Å². The summed E-state index contributed by atoms with van der Waals surface area (Å²) >= 11 is 0. The Morgan fingerprint density at radius 3 is 2.42 bits per heavy atom. The molecule has 3 N–H and O–H groups in total. The minimum atomic E-state index is -0.930. The van der Waals surface area contributed by atoms with Gasteiger partial charge in [0.2, 0.25) is 5.91 Å². The van der Waals surface area contributed by atoms with Gasteiger partial charge in [0.25, 0.3) is 0 Å². The summed E-state index contributed by atoms with van der Waals surface area (Å²) in [4.78, 5) is 40.4. The van der Waals surface area contributed by atoms with Gasteiger partial charge in [0.15, 0.2) is 0 Å². The lowest BCUT2D eigenvalue weighted by Crippen LogP contribution is -2.47. The smallest absolute Gasteiger partial charge is 0.408 e. The maximum absolute atomic E-state index is 12.9.